The van der Waals surface area contributed by atoms with Gasteiger partial charge in [0.25, 0.3) is 0 Å². The summed E-state index contributed by atoms with van der Waals surface area (Å²) in [6.45, 7) is 0.703. The first-order valence-corrected chi connectivity index (χ1v) is 6.53. The van der Waals surface area contributed by atoms with Crippen LogP contribution in [-0.4, -0.2) is 9.78 Å². The Labute approximate surface area is 115 Å². The molecule has 0 saturated heterocycles. The maximum absolute atomic E-state index is 6.11. The van der Waals surface area contributed by atoms with Gasteiger partial charge in [-0.15, -0.1) is 0 Å². The lowest BCUT2D eigenvalue weighted by molar-refractivity contribution is 0.681. The van der Waals surface area contributed by atoms with Crippen molar-refractivity contribution in [2.75, 3.05) is 0 Å². The zero-order valence-corrected chi connectivity index (χ0v) is 12.1. The highest BCUT2D eigenvalue weighted by Gasteiger charge is 2.02. The zero-order valence-electron chi connectivity index (χ0n) is 7.62. The maximum atomic E-state index is 6.11. The van der Waals surface area contributed by atoms with Crippen molar-refractivity contribution in [3.63, 3.8) is 0 Å². The third-order valence-corrected chi connectivity index (χ3v) is 3.38. The summed E-state index contributed by atoms with van der Waals surface area (Å²) >= 11 is 11.7. The van der Waals surface area contributed by atoms with Gasteiger partial charge in [0.2, 0.25) is 0 Å². The lowest BCUT2D eigenvalue weighted by Crippen LogP contribution is -2.01. The normalized spacial score (nSPS) is 10.6. The highest BCUT2D eigenvalue weighted by molar-refractivity contribution is 14.1. The van der Waals surface area contributed by atoms with E-state index in [9.17, 15) is 0 Å². The summed E-state index contributed by atoms with van der Waals surface area (Å²) in [5.41, 5.74) is 1.07. The molecule has 2 rings (SSSR count). The van der Waals surface area contributed by atoms with Crippen LogP contribution in [0.2, 0.25) is 5.02 Å². The monoisotopic (exact) mass is 396 g/mol. The summed E-state index contributed by atoms with van der Waals surface area (Å²) in [5.74, 6) is 0. The third kappa shape index (κ3) is 2.95. The maximum Gasteiger partial charge on any atom is 0.123 e. The number of halogens is 3. The Morgan fingerprint density at radius 1 is 1.40 bits per heavy atom. The molecule has 2 aromatic rings. The van der Waals surface area contributed by atoms with Crippen molar-refractivity contribution in [2.45, 2.75) is 6.54 Å². The van der Waals surface area contributed by atoms with Gasteiger partial charge in [0.05, 0.1) is 6.54 Å². The van der Waals surface area contributed by atoms with Gasteiger partial charge in [-0.1, -0.05) is 33.6 Å². The molecule has 0 N–H and O–H groups in total. The number of rotatable bonds is 2. The van der Waals surface area contributed by atoms with Crippen LogP contribution in [0.25, 0.3) is 0 Å². The van der Waals surface area contributed by atoms with Crippen molar-refractivity contribution in [1.29, 1.82) is 0 Å². The van der Waals surface area contributed by atoms with Crippen LogP contribution >= 0.6 is 50.1 Å². The molecular weight excluding hydrogens is 390 g/mol. The smallest absolute Gasteiger partial charge is 0.123 e. The van der Waals surface area contributed by atoms with Gasteiger partial charge in [-0.25, -0.2) is 0 Å². The second-order valence-electron chi connectivity index (χ2n) is 3.07. The minimum Gasteiger partial charge on any atom is -0.267 e. The largest absolute Gasteiger partial charge is 0.267 e. The van der Waals surface area contributed by atoms with E-state index in [2.05, 4.69) is 43.6 Å². The molecule has 0 fully saturated rings. The summed E-state index contributed by atoms with van der Waals surface area (Å²) < 4.78 is 3.85. The van der Waals surface area contributed by atoms with Gasteiger partial charge in [-0.05, 0) is 46.4 Å². The molecule has 0 saturated carbocycles. The fourth-order valence-electron chi connectivity index (χ4n) is 1.25. The highest BCUT2D eigenvalue weighted by atomic mass is 127. The molecule has 1 heterocycles. The van der Waals surface area contributed by atoms with E-state index < -0.39 is 0 Å². The van der Waals surface area contributed by atoms with Gasteiger partial charge in [0.1, 0.15) is 3.70 Å². The minimum atomic E-state index is 0.703. The average Bonchev–Trinajstić information content (AvgIpc) is 2.56. The first kappa shape index (κ1) is 11.4. The van der Waals surface area contributed by atoms with Crippen LogP contribution in [-0.2, 0) is 6.54 Å². The van der Waals surface area contributed by atoms with Crippen molar-refractivity contribution < 1.29 is 0 Å². The Hall–Kier alpha value is -0.0700. The molecule has 1 aromatic carbocycles. The Morgan fingerprint density at radius 2 is 2.20 bits per heavy atom. The van der Waals surface area contributed by atoms with Gasteiger partial charge in [0.15, 0.2) is 0 Å². The number of benzene rings is 1. The standard InChI is InChI=1S/C10H7BrClIN2/c11-8-2-1-7(9(12)5-8)6-15-4-3-10(13)14-15/h1-5H,6H2. The number of nitrogens with zero attached hydrogens (tertiary/aromatic N) is 2. The minimum absolute atomic E-state index is 0.703. The van der Waals surface area contributed by atoms with E-state index in [1.165, 1.54) is 0 Å². The van der Waals surface area contributed by atoms with Gasteiger partial charge in [0, 0.05) is 15.7 Å². The molecule has 0 unspecified atom stereocenters. The van der Waals surface area contributed by atoms with Crippen LogP contribution in [0.4, 0.5) is 0 Å². The van der Waals surface area contributed by atoms with Crippen molar-refractivity contribution in [1.82, 2.24) is 9.78 Å². The van der Waals surface area contributed by atoms with Crippen molar-refractivity contribution >= 4 is 50.1 Å². The molecule has 5 heteroatoms. The summed E-state index contributed by atoms with van der Waals surface area (Å²) in [4.78, 5) is 0. The molecule has 15 heavy (non-hydrogen) atoms. The van der Waals surface area contributed by atoms with Gasteiger partial charge in [-0.3, -0.25) is 4.68 Å². The first-order valence-electron chi connectivity index (χ1n) is 4.28. The zero-order chi connectivity index (χ0) is 10.8. The number of hydrogen-bond acceptors (Lipinski definition) is 1. The molecule has 0 atom stereocenters. The predicted octanol–water partition coefficient (Wildman–Crippen LogP) is 3.95. The van der Waals surface area contributed by atoms with E-state index in [4.69, 9.17) is 11.6 Å². The molecule has 0 radical (unpaired) electrons. The third-order valence-electron chi connectivity index (χ3n) is 1.96. The summed E-state index contributed by atoms with van der Waals surface area (Å²) in [6, 6.07) is 7.84. The van der Waals surface area contributed by atoms with Crippen molar-refractivity contribution in [2.24, 2.45) is 0 Å². The highest BCUT2D eigenvalue weighted by Crippen LogP contribution is 2.22. The molecule has 78 valence electrons. The lowest BCUT2D eigenvalue weighted by Gasteiger charge is -2.04. The molecule has 0 aliphatic carbocycles. The van der Waals surface area contributed by atoms with E-state index in [0.717, 1.165) is 18.8 Å². The molecule has 0 bridgehead atoms. The molecule has 0 aliphatic heterocycles. The second kappa shape index (κ2) is 4.84. The Kier molecular flexibility index (Phi) is 3.69. The van der Waals surface area contributed by atoms with Crippen LogP contribution in [0.5, 0.6) is 0 Å². The Morgan fingerprint density at radius 3 is 2.80 bits per heavy atom. The van der Waals surface area contributed by atoms with Crippen LogP contribution in [0, 0.1) is 3.70 Å². The van der Waals surface area contributed by atoms with E-state index >= 15 is 0 Å². The van der Waals surface area contributed by atoms with Crippen molar-refractivity contribution in [3.05, 3.63) is 49.2 Å². The van der Waals surface area contributed by atoms with Gasteiger partial charge < -0.3 is 0 Å². The fourth-order valence-corrected chi connectivity index (χ4v) is 2.42. The Balaban J connectivity index is 2.24. The number of hydrogen-bond donors (Lipinski definition) is 0. The fraction of sp³-hybridized carbons (Fsp3) is 0.100. The lowest BCUT2D eigenvalue weighted by atomic mass is 10.2. The van der Waals surface area contributed by atoms with Crippen molar-refractivity contribution in [3.8, 4) is 0 Å². The SMILES string of the molecule is Clc1cc(Br)ccc1Cn1ccc(I)n1. The quantitative estimate of drug-likeness (QED) is 0.702. The summed E-state index contributed by atoms with van der Waals surface area (Å²) in [5, 5.41) is 5.06. The average molecular weight is 397 g/mol. The summed E-state index contributed by atoms with van der Waals surface area (Å²) in [7, 11) is 0. The van der Waals surface area contributed by atoms with Gasteiger partial charge >= 0.3 is 0 Å². The topological polar surface area (TPSA) is 17.8 Å². The van der Waals surface area contributed by atoms with Crippen LogP contribution in [0.15, 0.2) is 34.9 Å². The van der Waals surface area contributed by atoms with Crippen LogP contribution in [0.1, 0.15) is 5.56 Å². The van der Waals surface area contributed by atoms with E-state index in [1.807, 2.05) is 35.1 Å². The first-order chi connectivity index (χ1) is 7.15. The number of aromatic nitrogens is 2. The molecule has 1 aromatic heterocycles. The van der Waals surface area contributed by atoms with E-state index in [-0.39, 0.29) is 0 Å². The molecule has 0 amide bonds. The summed E-state index contributed by atoms with van der Waals surface area (Å²) in [6.07, 6.45) is 1.94. The molecule has 0 aliphatic rings. The Bertz CT molecular complexity index is 484. The molecule has 0 spiro atoms. The molecule has 2 nitrogen and oxygen atoms in total. The second-order valence-corrected chi connectivity index (χ2v) is 5.50. The van der Waals surface area contributed by atoms with Crippen LogP contribution < -0.4 is 0 Å². The van der Waals surface area contributed by atoms with E-state index in [1.54, 1.807) is 0 Å². The van der Waals surface area contributed by atoms with E-state index in [0.29, 0.717) is 6.54 Å². The molecular formula is C10H7BrClIN2. The van der Waals surface area contributed by atoms with Crippen LogP contribution in [0.3, 0.4) is 0 Å². The predicted molar refractivity (Wildman–Crippen MR) is 73.2 cm³/mol. The van der Waals surface area contributed by atoms with Gasteiger partial charge in [-0.2, -0.15) is 5.10 Å².